The van der Waals surface area contributed by atoms with Crippen molar-refractivity contribution in [3.8, 4) is 0 Å². The molecule has 2 heteroatoms. The molecule has 2 rings (SSSR count). The van der Waals surface area contributed by atoms with Crippen LogP contribution < -0.4 is 5.32 Å². The molecule has 1 atom stereocenters. The number of nitrogens with one attached hydrogen (secondary N) is 1. The molecule has 0 amide bonds. The van der Waals surface area contributed by atoms with E-state index in [4.69, 9.17) is 4.74 Å². The molecule has 11 heavy (non-hydrogen) atoms. The molecule has 1 aromatic rings. The molecule has 1 radical (unpaired) electrons. The van der Waals surface area contributed by atoms with Crippen molar-refractivity contribution in [3.63, 3.8) is 0 Å². The van der Waals surface area contributed by atoms with Crippen LogP contribution in [0.2, 0.25) is 0 Å². The van der Waals surface area contributed by atoms with E-state index >= 15 is 0 Å². The molecular formula is C9H10NO. The Labute approximate surface area is 66.2 Å². The van der Waals surface area contributed by atoms with Gasteiger partial charge >= 0.3 is 0 Å². The van der Waals surface area contributed by atoms with Gasteiger partial charge in [0.2, 0.25) is 0 Å². The summed E-state index contributed by atoms with van der Waals surface area (Å²) >= 11 is 0. The maximum Gasteiger partial charge on any atom is 0.134 e. The van der Waals surface area contributed by atoms with E-state index in [0.29, 0.717) is 0 Å². The van der Waals surface area contributed by atoms with Gasteiger partial charge in [0.25, 0.3) is 0 Å². The van der Waals surface area contributed by atoms with Gasteiger partial charge in [0.1, 0.15) is 6.23 Å². The summed E-state index contributed by atoms with van der Waals surface area (Å²) in [4.78, 5) is 0. The zero-order valence-electron chi connectivity index (χ0n) is 6.16. The van der Waals surface area contributed by atoms with Gasteiger partial charge in [-0.25, -0.2) is 0 Å². The first-order chi connectivity index (χ1) is 5.47. The van der Waals surface area contributed by atoms with Crippen LogP contribution in [0.4, 0.5) is 0 Å². The van der Waals surface area contributed by atoms with Gasteiger partial charge in [0, 0.05) is 6.54 Å². The summed E-state index contributed by atoms with van der Waals surface area (Å²) in [7, 11) is 0. The predicted molar refractivity (Wildman–Crippen MR) is 42.6 cm³/mol. The van der Waals surface area contributed by atoms with Crippen molar-refractivity contribution in [1.29, 1.82) is 0 Å². The lowest BCUT2D eigenvalue weighted by Crippen LogP contribution is -2.13. The fourth-order valence-corrected chi connectivity index (χ4v) is 1.17. The molecule has 0 spiro atoms. The van der Waals surface area contributed by atoms with Crippen LogP contribution in [0.5, 0.6) is 0 Å². The molecule has 1 saturated heterocycles. The second kappa shape index (κ2) is 3.03. The molecule has 1 heterocycles. The fraction of sp³-hybridized carbons (Fsp3) is 0.222. The van der Waals surface area contributed by atoms with E-state index in [1.54, 1.807) is 6.61 Å². The van der Waals surface area contributed by atoms with E-state index in [-0.39, 0.29) is 6.23 Å². The zero-order chi connectivity index (χ0) is 7.52. The van der Waals surface area contributed by atoms with Gasteiger partial charge in [-0.2, -0.15) is 0 Å². The number of ether oxygens (including phenoxy) is 1. The summed E-state index contributed by atoms with van der Waals surface area (Å²) in [6, 6.07) is 10.1. The highest BCUT2D eigenvalue weighted by molar-refractivity contribution is 5.17. The average molecular weight is 148 g/mol. The molecule has 1 N–H and O–H groups in total. The van der Waals surface area contributed by atoms with Crippen LogP contribution in [0.3, 0.4) is 0 Å². The Kier molecular flexibility index (Phi) is 1.88. The van der Waals surface area contributed by atoms with Crippen molar-refractivity contribution in [3.05, 3.63) is 42.5 Å². The minimum absolute atomic E-state index is 0.0659. The van der Waals surface area contributed by atoms with Crippen LogP contribution in [0.15, 0.2) is 30.3 Å². The van der Waals surface area contributed by atoms with Crippen LogP contribution in [0, 0.1) is 6.61 Å². The Hall–Kier alpha value is -0.860. The monoisotopic (exact) mass is 148 g/mol. The zero-order valence-corrected chi connectivity index (χ0v) is 6.16. The van der Waals surface area contributed by atoms with Gasteiger partial charge in [0.05, 0.1) is 6.61 Å². The summed E-state index contributed by atoms with van der Waals surface area (Å²) in [6.07, 6.45) is 0.0659. The topological polar surface area (TPSA) is 21.3 Å². The lowest BCUT2D eigenvalue weighted by molar-refractivity contribution is 0.141. The maximum absolute atomic E-state index is 5.30. The first kappa shape index (κ1) is 6.83. The fourth-order valence-electron chi connectivity index (χ4n) is 1.17. The molecular weight excluding hydrogens is 138 g/mol. The number of benzene rings is 1. The van der Waals surface area contributed by atoms with Gasteiger partial charge in [-0.05, 0) is 5.56 Å². The van der Waals surface area contributed by atoms with E-state index in [9.17, 15) is 0 Å². The van der Waals surface area contributed by atoms with Gasteiger partial charge < -0.3 is 4.74 Å². The van der Waals surface area contributed by atoms with Crippen LogP contribution in [0.25, 0.3) is 0 Å². The molecule has 0 aromatic heterocycles. The van der Waals surface area contributed by atoms with Gasteiger partial charge in [-0.1, -0.05) is 30.3 Å². The van der Waals surface area contributed by atoms with E-state index < -0.39 is 0 Å². The molecule has 1 aromatic carbocycles. The molecule has 1 fully saturated rings. The Bertz CT molecular complexity index is 216. The normalized spacial score (nSPS) is 23.8. The van der Waals surface area contributed by atoms with Crippen molar-refractivity contribution in [2.24, 2.45) is 0 Å². The van der Waals surface area contributed by atoms with Crippen molar-refractivity contribution < 1.29 is 4.74 Å². The predicted octanol–water partition coefficient (Wildman–Crippen LogP) is 1.47. The molecule has 2 nitrogen and oxygen atoms in total. The summed E-state index contributed by atoms with van der Waals surface area (Å²) in [5.41, 5.74) is 1.18. The van der Waals surface area contributed by atoms with E-state index in [0.717, 1.165) is 6.54 Å². The maximum atomic E-state index is 5.30. The smallest absolute Gasteiger partial charge is 0.134 e. The lowest BCUT2D eigenvalue weighted by atomic mass is 10.2. The second-order valence-corrected chi connectivity index (χ2v) is 2.50. The van der Waals surface area contributed by atoms with Gasteiger partial charge in [0.15, 0.2) is 0 Å². The quantitative estimate of drug-likeness (QED) is 0.651. The third kappa shape index (κ3) is 1.42. The van der Waals surface area contributed by atoms with Crippen LogP contribution >= 0.6 is 0 Å². The van der Waals surface area contributed by atoms with Gasteiger partial charge in [-0.3, -0.25) is 5.32 Å². The Morgan fingerprint density at radius 1 is 1.27 bits per heavy atom. The summed E-state index contributed by atoms with van der Waals surface area (Å²) in [5, 5.41) is 3.20. The van der Waals surface area contributed by atoms with Crippen molar-refractivity contribution >= 4 is 0 Å². The highest BCUT2D eigenvalue weighted by Gasteiger charge is 2.15. The largest absolute Gasteiger partial charge is 0.352 e. The van der Waals surface area contributed by atoms with Gasteiger partial charge in [-0.15, -0.1) is 0 Å². The highest BCUT2D eigenvalue weighted by atomic mass is 16.5. The van der Waals surface area contributed by atoms with Crippen LogP contribution in [0.1, 0.15) is 11.8 Å². The SMILES string of the molecule is [CH]1CNC(c2ccccc2)O1. The number of hydrogen-bond donors (Lipinski definition) is 1. The summed E-state index contributed by atoms with van der Waals surface area (Å²) in [6.45, 7) is 2.62. The van der Waals surface area contributed by atoms with Crippen LogP contribution in [-0.4, -0.2) is 6.54 Å². The summed E-state index contributed by atoms with van der Waals surface area (Å²) < 4.78 is 5.30. The minimum Gasteiger partial charge on any atom is -0.352 e. The molecule has 0 bridgehead atoms. The Balaban J connectivity index is 2.16. The first-order valence-electron chi connectivity index (χ1n) is 3.72. The molecule has 0 aliphatic carbocycles. The van der Waals surface area contributed by atoms with Crippen molar-refractivity contribution in [2.75, 3.05) is 6.54 Å². The van der Waals surface area contributed by atoms with Crippen LogP contribution in [-0.2, 0) is 4.74 Å². The molecule has 1 aliphatic rings. The van der Waals surface area contributed by atoms with Crippen molar-refractivity contribution in [2.45, 2.75) is 6.23 Å². The van der Waals surface area contributed by atoms with Crippen molar-refractivity contribution in [1.82, 2.24) is 5.32 Å². The Morgan fingerprint density at radius 3 is 2.73 bits per heavy atom. The molecule has 57 valence electrons. The third-order valence-corrected chi connectivity index (χ3v) is 1.72. The highest BCUT2D eigenvalue weighted by Crippen LogP contribution is 2.18. The number of hydrogen-bond acceptors (Lipinski definition) is 2. The average Bonchev–Trinajstić information content (AvgIpc) is 2.58. The molecule has 0 saturated carbocycles. The Morgan fingerprint density at radius 2 is 2.09 bits per heavy atom. The minimum atomic E-state index is 0.0659. The standard InChI is InChI=1S/C9H10NO/c1-2-4-8(5-3-1)9-10-6-7-11-9/h1-5,7,9-10H,6H2. The lowest BCUT2D eigenvalue weighted by Gasteiger charge is -2.08. The number of rotatable bonds is 1. The summed E-state index contributed by atoms with van der Waals surface area (Å²) in [5.74, 6) is 0. The second-order valence-electron chi connectivity index (χ2n) is 2.50. The molecule has 1 unspecified atom stereocenters. The van der Waals surface area contributed by atoms with E-state index in [1.807, 2.05) is 18.2 Å². The van der Waals surface area contributed by atoms with E-state index in [1.165, 1.54) is 5.56 Å². The first-order valence-corrected chi connectivity index (χ1v) is 3.72. The van der Waals surface area contributed by atoms with E-state index in [2.05, 4.69) is 17.4 Å². The third-order valence-electron chi connectivity index (χ3n) is 1.72. The molecule has 1 aliphatic heterocycles.